The number of benzene rings is 1. The average Bonchev–Trinajstić information content (AvgIpc) is 2.87. The second kappa shape index (κ2) is 9.15. The summed E-state index contributed by atoms with van der Waals surface area (Å²) in [6.45, 7) is 12.2. The fourth-order valence-corrected chi connectivity index (χ4v) is 2.59. The number of nitrogens with zero attached hydrogens (tertiary/aromatic N) is 1. The third-order valence-corrected chi connectivity index (χ3v) is 3.75. The van der Waals surface area contributed by atoms with Crippen LogP contribution < -0.4 is 5.32 Å². The van der Waals surface area contributed by atoms with E-state index in [1.165, 1.54) is 16.7 Å². The van der Waals surface area contributed by atoms with Gasteiger partial charge in [0.05, 0.1) is 26.4 Å². The number of nitrogens with one attached hydrogen (secondary N) is 1. The van der Waals surface area contributed by atoms with Gasteiger partial charge in [0.2, 0.25) is 0 Å². The zero-order valence-electron chi connectivity index (χ0n) is 13.4. The van der Waals surface area contributed by atoms with Gasteiger partial charge in [-0.05, 0) is 24.6 Å². The molecule has 0 amide bonds. The number of likely N-dealkylation sites (N-methyl/N-ethyl adjacent to an activating group) is 1. The molecule has 0 aromatic heterocycles. The number of rotatable bonds is 10. The Morgan fingerprint density at radius 3 is 2.62 bits per heavy atom. The van der Waals surface area contributed by atoms with Crippen molar-refractivity contribution in [2.75, 3.05) is 46.1 Å². The van der Waals surface area contributed by atoms with E-state index in [1.807, 2.05) is 0 Å². The minimum Gasteiger partial charge on any atom is -0.378 e. The van der Waals surface area contributed by atoms with E-state index in [0.29, 0.717) is 13.2 Å². The Labute approximate surface area is 128 Å². The predicted molar refractivity (Wildman–Crippen MR) is 85.5 cm³/mol. The molecule has 0 unspecified atom stereocenters. The lowest BCUT2D eigenvalue weighted by Gasteiger charge is -2.14. The van der Waals surface area contributed by atoms with Crippen LogP contribution in [0.1, 0.15) is 23.6 Å². The first kappa shape index (κ1) is 16.4. The zero-order chi connectivity index (χ0) is 14.9. The van der Waals surface area contributed by atoms with Crippen molar-refractivity contribution < 1.29 is 9.47 Å². The first-order valence-electron chi connectivity index (χ1n) is 7.96. The van der Waals surface area contributed by atoms with Gasteiger partial charge in [0, 0.05) is 26.2 Å². The van der Waals surface area contributed by atoms with Gasteiger partial charge < -0.3 is 14.8 Å². The Bertz CT molecular complexity index is 423. The first-order chi connectivity index (χ1) is 10.3. The Hall–Kier alpha value is -0.940. The minimum atomic E-state index is 0.685. The molecule has 0 radical (unpaired) electrons. The molecule has 0 atom stereocenters. The Balaban J connectivity index is 1.49. The topological polar surface area (TPSA) is 33.7 Å². The molecule has 0 bridgehead atoms. The largest absolute Gasteiger partial charge is 0.378 e. The molecule has 0 fully saturated rings. The van der Waals surface area contributed by atoms with Gasteiger partial charge in [-0.15, -0.1) is 0 Å². The first-order valence-corrected chi connectivity index (χ1v) is 7.96. The van der Waals surface area contributed by atoms with Crippen molar-refractivity contribution in [2.45, 2.75) is 26.9 Å². The van der Waals surface area contributed by atoms with Crippen LogP contribution >= 0.6 is 0 Å². The molecule has 0 spiro atoms. The molecule has 0 aliphatic carbocycles. The van der Waals surface area contributed by atoms with Crippen LogP contribution in [-0.4, -0.2) is 51.0 Å². The monoisotopic (exact) mass is 292 g/mol. The fourth-order valence-electron chi connectivity index (χ4n) is 2.59. The van der Waals surface area contributed by atoms with Gasteiger partial charge in [0.15, 0.2) is 0 Å². The van der Waals surface area contributed by atoms with Crippen molar-refractivity contribution in [2.24, 2.45) is 0 Å². The number of fused-ring (bicyclic) bond motifs is 1. The lowest BCUT2D eigenvalue weighted by molar-refractivity contribution is 0.0392. The van der Waals surface area contributed by atoms with Crippen molar-refractivity contribution >= 4 is 0 Å². The summed E-state index contributed by atoms with van der Waals surface area (Å²) in [6.07, 6.45) is 0. The predicted octanol–water partition coefficient (Wildman–Crippen LogP) is 1.95. The van der Waals surface area contributed by atoms with Crippen LogP contribution in [0.25, 0.3) is 0 Å². The molecular weight excluding hydrogens is 264 g/mol. The van der Waals surface area contributed by atoms with Crippen molar-refractivity contribution in [1.82, 2.24) is 10.2 Å². The van der Waals surface area contributed by atoms with Crippen LogP contribution in [0.4, 0.5) is 0 Å². The summed E-state index contributed by atoms with van der Waals surface area (Å²) in [7, 11) is 0. The van der Waals surface area contributed by atoms with Gasteiger partial charge in [0.1, 0.15) is 0 Å². The minimum absolute atomic E-state index is 0.685. The molecule has 1 heterocycles. The summed E-state index contributed by atoms with van der Waals surface area (Å²) in [5, 5.41) is 3.23. The molecule has 1 N–H and O–H groups in total. The summed E-state index contributed by atoms with van der Waals surface area (Å²) in [5.74, 6) is 0. The second-order valence-electron chi connectivity index (χ2n) is 5.56. The third-order valence-electron chi connectivity index (χ3n) is 3.75. The normalized spacial score (nSPS) is 14.6. The van der Waals surface area contributed by atoms with Crippen LogP contribution in [0, 0.1) is 6.92 Å². The molecule has 1 aromatic carbocycles. The molecule has 4 nitrogen and oxygen atoms in total. The van der Waals surface area contributed by atoms with Crippen LogP contribution in [0.2, 0.25) is 0 Å². The van der Waals surface area contributed by atoms with Gasteiger partial charge in [0.25, 0.3) is 0 Å². The quantitative estimate of drug-likeness (QED) is 0.668. The summed E-state index contributed by atoms with van der Waals surface area (Å²) in [5.41, 5.74) is 4.29. The highest BCUT2D eigenvalue weighted by atomic mass is 16.5. The van der Waals surface area contributed by atoms with E-state index in [1.54, 1.807) is 0 Å². The standard InChI is InChI=1S/C17H28N2O2/c1-3-18-6-8-20-10-11-21-9-7-19-13-16-5-4-15(2)12-17(16)14-19/h4-5,12,18H,3,6-11,13-14H2,1-2H3. The molecule has 21 heavy (non-hydrogen) atoms. The number of ether oxygens (including phenoxy) is 2. The van der Waals surface area contributed by atoms with E-state index in [2.05, 4.69) is 42.3 Å². The molecule has 0 saturated carbocycles. The Morgan fingerprint density at radius 1 is 1.05 bits per heavy atom. The van der Waals surface area contributed by atoms with E-state index < -0.39 is 0 Å². The van der Waals surface area contributed by atoms with E-state index in [9.17, 15) is 0 Å². The van der Waals surface area contributed by atoms with E-state index in [4.69, 9.17) is 9.47 Å². The van der Waals surface area contributed by atoms with Gasteiger partial charge >= 0.3 is 0 Å². The molecule has 1 aliphatic rings. The van der Waals surface area contributed by atoms with Crippen molar-refractivity contribution in [1.29, 1.82) is 0 Å². The van der Waals surface area contributed by atoms with E-state index >= 15 is 0 Å². The Kier molecular flexibility index (Phi) is 7.16. The molecular formula is C17H28N2O2. The maximum absolute atomic E-state index is 5.64. The zero-order valence-corrected chi connectivity index (χ0v) is 13.4. The summed E-state index contributed by atoms with van der Waals surface area (Å²) in [6, 6.07) is 6.75. The Morgan fingerprint density at radius 2 is 1.81 bits per heavy atom. The van der Waals surface area contributed by atoms with Crippen LogP contribution in [0.5, 0.6) is 0 Å². The van der Waals surface area contributed by atoms with Crippen molar-refractivity contribution in [3.05, 3.63) is 34.9 Å². The number of hydrogen-bond acceptors (Lipinski definition) is 4. The maximum Gasteiger partial charge on any atom is 0.0701 e. The lowest BCUT2D eigenvalue weighted by atomic mass is 10.1. The SMILES string of the molecule is CCNCCOCCOCCN1Cc2ccc(C)cc2C1. The van der Waals surface area contributed by atoms with Crippen molar-refractivity contribution in [3.8, 4) is 0 Å². The van der Waals surface area contributed by atoms with Crippen LogP contribution in [-0.2, 0) is 22.6 Å². The van der Waals surface area contributed by atoms with Gasteiger partial charge in [-0.25, -0.2) is 0 Å². The molecule has 118 valence electrons. The van der Waals surface area contributed by atoms with E-state index in [0.717, 1.165) is 45.9 Å². The number of hydrogen-bond donors (Lipinski definition) is 1. The highest BCUT2D eigenvalue weighted by Gasteiger charge is 2.17. The smallest absolute Gasteiger partial charge is 0.0701 e. The fraction of sp³-hybridized carbons (Fsp3) is 0.647. The van der Waals surface area contributed by atoms with Crippen LogP contribution in [0.3, 0.4) is 0 Å². The molecule has 1 aliphatic heterocycles. The van der Waals surface area contributed by atoms with Gasteiger partial charge in [-0.1, -0.05) is 30.7 Å². The highest BCUT2D eigenvalue weighted by molar-refractivity contribution is 5.34. The highest BCUT2D eigenvalue weighted by Crippen LogP contribution is 2.23. The van der Waals surface area contributed by atoms with Crippen LogP contribution in [0.15, 0.2) is 18.2 Å². The molecule has 4 heteroatoms. The summed E-state index contributed by atoms with van der Waals surface area (Å²) >= 11 is 0. The summed E-state index contributed by atoms with van der Waals surface area (Å²) < 4.78 is 11.1. The number of aryl methyl sites for hydroxylation is 1. The maximum atomic E-state index is 5.64. The van der Waals surface area contributed by atoms with Gasteiger partial charge in [-0.2, -0.15) is 0 Å². The third kappa shape index (κ3) is 5.75. The second-order valence-corrected chi connectivity index (χ2v) is 5.56. The average molecular weight is 292 g/mol. The van der Waals surface area contributed by atoms with E-state index in [-0.39, 0.29) is 0 Å². The molecule has 2 rings (SSSR count). The lowest BCUT2D eigenvalue weighted by Crippen LogP contribution is -2.23. The molecule has 1 aromatic rings. The summed E-state index contributed by atoms with van der Waals surface area (Å²) in [4.78, 5) is 2.44. The van der Waals surface area contributed by atoms with Crippen molar-refractivity contribution in [3.63, 3.8) is 0 Å². The molecule has 0 saturated heterocycles. The van der Waals surface area contributed by atoms with Gasteiger partial charge in [-0.3, -0.25) is 4.90 Å².